The number of ketones is 1. The first kappa shape index (κ1) is 24.1. The lowest BCUT2D eigenvalue weighted by molar-refractivity contribution is -0.126. The number of anilines is 1. The van der Waals surface area contributed by atoms with Crippen molar-refractivity contribution in [2.24, 2.45) is 5.92 Å². The Balaban J connectivity index is 1.64. The van der Waals surface area contributed by atoms with E-state index in [2.05, 4.69) is 20.3 Å². The van der Waals surface area contributed by atoms with Gasteiger partial charge in [-0.15, -0.1) is 0 Å². The van der Waals surface area contributed by atoms with Gasteiger partial charge in [0.15, 0.2) is 23.1 Å². The fourth-order valence-electron chi connectivity index (χ4n) is 4.48. The number of carbonyl (C=O) groups excluding carboxylic acids is 1. The fourth-order valence-corrected chi connectivity index (χ4v) is 4.83. The van der Waals surface area contributed by atoms with E-state index >= 15 is 0 Å². The average Bonchev–Trinajstić information content (AvgIpc) is 3.44. The Morgan fingerprint density at radius 2 is 1.94 bits per heavy atom. The van der Waals surface area contributed by atoms with Crippen LogP contribution in [0.5, 0.6) is 0 Å². The molecule has 4 atom stereocenters. The molecule has 5 N–H and O–H groups in total. The number of carbonyl (C=O) groups is 1. The summed E-state index contributed by atoms with van der Waals surface area (Å²) in [6, 6.07) is -0.946. The van der Waals surface area contributed by atoms with Crippen LogP contribution in [0.3, 0.4) is 0 Å². The number of rotatable bonds is 9. The summed E-state index contributed by atoms with van der Waals surface area (Å²) in [4.78, 5) is 44.3. The third-order valence-corrected chi connectivity index (χ3v) is 6.56. The van der Waals surface area contributed by atoms with E-state index in [9.17, 15) is 19.6 Å². The Hall–Kier alpha value is -1.99. The van der Waals surface area contributed by atoms with Crippen LogP contribution in [0.25, 0.3) is 11.2 Å². The first-order chi connectivity index (χ1) is 15.7. The quantitative estimate of drug-likeness (QED) is 0.298. The van der Waals surface area contributed by atoms with Gasteiger partial charge < -0.3 is 39.4 Å². The molecule has 0 spiro atoms. The Labute approximate surface area is 189 Å². The molecule has 2 aromatic rings. The van der Waals surface area contributed by atoms with Crippen molar-refractivity contribution in [3.8, 4) is 0 Å². The van der Waals surface area contributed by atoms with Crippen molar-refractivity contribution in [3.05, 3.63) is 12.2 Å². The molecule has 33 heavy (non-hydrogen) atoms. The van der Waals surface area contributed by atoms with Crippen molar-refractivity contribution in [1.29, 1.82) is 0 Å². The van der Waals surface area contributed by atoms with Crippen LogP contribution < -0.4 is 5.32 Å². The summed E-state index contributed by atoms with van der Waals surface area (Å²) < 4.78 is 22.5. The molecule has 2 saturated carbocycles. The molecule has 2 aliphatic rings. The lowest BCUT2D eigenvalue weighted by atomic mass is 10.1. The number of aromatic nitrogens is 4. The Morgan fingerprint density at radius 1 is 1.21 bits per heavy atom. The topological polar surface area (TPSA) is 189 Å². The van der Waals surface area contributed by atoms with Gasteiger partial charge in [-0.2, -0.15) is 0 Å². The summed E-state index contributed by atoms with van der Waals surface area (Å²) in [6.07, 6.45) is 1.78. The lowest BCUT2D eigenvalue weighted by Crippen LogP contribution is -2.31. The second kappa shape index (κ2) is 9.71. The monoisotopic (exact) mass is 485 g/mol. The van der Waals surface area contributed by atoms with E-state index in [4.69, 9.17) is 19.3 Å². The maximum Gasteiger partial charge on any atom is 0.350 e. The van der Waals surface area contributed by atoms with E-state index in [-0.39, 0.29) is 12.6 Å². The highest BCUT2D eigenvalue weighted by Gasteiger charge is 2.50. The highest BCUT2D eigenvalue weighted by atomic mass is 31.2. The van der Waals surface area contributed by atoms with E-state index in [0.29, 0.717) is 22.8 Å². The van der Waals surface area contributed by atoms with E-state index in [1.807, 2.05) is 0 Å². The second-order valence-corrected chi connectivity index (χ2v) is 10.1. The number of methoxy groups -OCH3 is 1. The third kappa shape index (κ3) is 5.09. The largest absolute Gasteiger partial charge is 0.389 e. The van der Waals surface area contributed by atoms with E-state index in [1.165, 1.54) is 18.0 Å². The number of nitrogens with one attached hydrogen (secondary N) is 1. The van der Waals surface area contributed by atoms with E-state index in [0.717, 1.165) is 25.7 Å². The molecule has 0 amide bonds. The molecular weight excluding hydrogens is 457 g/mol. The number of ether oxygens (including phenoxy) is 2. The van der Waals surface area contributed by atoms with Crippen LogP contribution in [0.15, 0.2) is 6.33 Å². The molecule has 182 valence electrons. The van der Waals surface area contributed by atoms with Crippen molar-refractivity contribution >= 4 is 30.4 Å². The summed E-state index contributed by atoms with van der Waals surface area (Å²) in [5.74, 6) is -0.823. The molecule has 2 aromatic heterocycles. The standard InChI is InChI=1S/C19H28N5O8P/c1-31-7-12-22-18(21-10-4-2-3-5-10)13-19(23-12)24(8-20-13)14-15(25)11(16(26)17(14)27)6-32-9-33(28,29)30/h8,10-11,14,16-17,26-27H,2-7,9H2,1H3,(H,21,22,23)(H2,28,29,30)/t11-,14-,16-,17+/m0/s1. The van der Waals surface area contributed by atoms with Gasteiger partial charge in [0.2, 0.25) is 0 Å². The minimum absolute atomic E-state index is 0.128. The molecule has 0 bridgehead atoms. The number of hydrogen-bond acceptors (Lipinski definition) is 10. The van der Waals surface area contributed by atoms with E-state index < -0.39 is 50.5 Å². The minimum Gasteiger partial charge on any atom is -0.389 e. The van der Waals surface area contributed by atoms with Gasteiger partial charge >= 0.3 is 7.60 Å². The summed E-state index contributed by atoms with van der Waals surface area (Å²) in [7, 11) is -2.92. The number of fused-ring (bicyclic) bond motifs is 1. The molecule has 2 aliphatic carbocycles. The summed E-state index contributed by atoms with van der Waals surface area (Å²) in [6.45, 7) is -0.313. The minimum atomic E-state index is -4.43. The van der Waals surface area contributed by atoms with Gasteiger partial charge in [0.1, 0.15) is 30.6 Å². The molecule has 13 nitrogen and oxygen atoms in total. The van der Waals surface area contributed by atoms with Gasteiger partial charge in [-0.1, -0.05) is 12.8 Å². The first-order valence-electron chi connectivity index (χ1n) is 10.7. The van der Waals surface area contributed by atoms with Crippen molar-refractivity contribution in [3.63, 3.8) is 0 Å². The van der Waals surface area contributed by atoms with Gasteiger partial charge in [-0.05, 0) is 12.8 Å². The molecular formula is C19H28N5O8P. The zero-order chi connectivity index (χ0) is 23.8. The normalized spacial score (nSPS) is 26.5. The van der Waals surface area contributed by atoms with Crippen LogP contribution in [-0.2, 0) is 25.4 Å². The van der Waals surface area contributed by atoms with Crippen molar-refractivity contribution < 1.29 is 38.8 Å². The molecule has 4 rings (SSSR count). The summed E-state index contributed by atoms with van der Waals surface area (Å²) in [5, 5.41) is 24.5. The molecule has 0 unspecified atom stereocenters. The molecule has 0 saturated heterocycles. The highest BCUT2D eigenvalue weighted by molar-refractivity contribution is 7.51. The van der Waals surface area contributed by atoms with Gasteiger partial charge in [-0.3, -0.25) is 9.36 Å². The molecule has 2 fully saturated rings. The van der Waals surface area contributed by atoms with Gasteiger partial charge in [0.05, 0.1) is 25.0 Å². The summed E-state index contributed by atoms with van der Waals surface area (Å²) in [5.41, 5.74) is 0.733. The van der Waals surface area contributed by atoms with E-state index in [1.54, 1.807) is 0 Å². The summed E-state index contributed by atoms with van der Waals surface area (Å²) >= 11 is 0. The molecule has 14 heteroatoms. The molecule has 0 radical (unpaired) electrons. The highest BCUT2D eigenvalue weighted by Crippen LogP contribution is 2.37. The van der Waals surface area contributed by atoms with Crippen LogP contribution >= 0.6 is 7.60 Å². The zero-order valence-corrected chi connectivity index (χ0v) is 19.0. The number of Topliss-reactive ketones (excluding diaryl/α,β-unsaturated/α-hetero) is 1. The van der Waals surface area contributed by atoms with Crippen molar-refractivity contribution in [2.45, 2.75) is 56.6 Å². The third-order valence-electron chi connectivity index (χ3n) is 6.04. The van der Waals surface area contributed by atoms with Gasteiger partial charge in [0, 0.05) is 13.2 Å². The number of imidazole rings is 1. The van der Waals surface area contributed by atoms with Crippen molar-refractivity contribution in [2.75, 3.05) is 25.4 Å². The zero-order valence-electron chi connectivity index (χ0n) is 18.1. The van der Waals surface area contributed by atoms with Gasteiger partial charge in [0.25, 0.3) is 0 Å². The number of nitrogens with zero attached hydrogens (tertiary/aromatic N) is 4. The number of hydrogen-bond donors (Lipinski definition) is 5. The maximum atomic E-state index is 13.1. The van der Waals surface area contributed by atoms with Crippen LogP contribution in [0, 0.1) is 5.92 Å². The smallest absolute Gasteiger partial charge is 0.350 e. The number of aliphatic hydroxyl groups is 2. The predicted molar refractivity (Wildman–Crippen MR) is 114 cm³/mol. The van der Waals surface area contributed by atoms with Gasteiger partial charge in [-0.25, -0.2) is 15.0 Å². The SMILES string of the molecule is COCc1nc(NC2CCCC2)c2ncn([C@H]3C(=O)[C@H](COCP(=O)(O)O)[C@H](O)[C@@H]3O)c2n1. The maximum absolute atomic E-state index is 13.1. The van der Waals surface area contributed by atoms with Crippen LogP contribution in [0.1, 0.15) is 37.5 Å². The lowest BCUT2D eigenvalue weighted by Gasteiger charge is -2.18. The first-order valence-corrected chi connectivity index (χ1v) is 12.5. The Bertz CT molecular complexity index is 1050. The molecule has 0 aromatic carbocycles. The molecule has 0 aliphatic heterocycles. The van der Waals surface area contributed by atoms with Crippen molar-refractivity contribution in [1.82, 2.24) is 19.5 Å². The fraction of sp³-hybridized carbons (Fsp3) is 0.684. The average molecular weight is 485 g/mol. The Kier molecular flexibility index (Phi) is 7.10. The van der Waals surface area contributed by atoms with Crippen LogP contribution in [0.2, 0.25) is 0 Å². The van der Waals surface area contributed by atoms with Crippen LogP contribution in [-0.4, -0.2) is 83.6 Å². The Morgan fingerprint density at radius 3 is 2.61 bits per heavy atom. The second-order valence-electron chi connectivity index (χ2n) is 8.47. The van der Waals surface area contributed by atoms with Crippen LogP contribution in [0.4, 0.5) is 5.82 Å². The molecule has 2 heterocycles. The predicted octanol–water partition coefficient (Wildman–Crippen LogP) is -0.0592. The number of aliphatic hydroxyl groups excluding tert-OH is 2.